The molecule has 1 saturated heterocycles. The highest BCUT2D eigenvalue weighted by molar-refractivity contribution is 6.42. The molecule has 2 aromatic carbocycles. The molecule has 6 nitrogen and oxygen atoms in total. The van der Waals surface area contributed by atoms with E-state index in [9.17, 15) is 14.0 Å². The molecule has 1 aliphatic rings. The summed E-state index contributed by atoms with van der Waals surface area (Å²) >= 11 is 12.3. The number of benzene rings is 2. The molecule has 0 radical (unpaired) electrons. The van der Waals surface area contributed by atoms with E-state index in [1.165, 1.54) is 12.1 Å². The molecule has 202 valence electrons. The van der Waals surface area contributed by atoms with Gasteiger partial charge in [-0.05, 0) is 68.5 Å². The molecule has 1 fully saturated rings. The van der Waals surface area contributed by atoms with E-state index in [2.05, 4.69) is 17.1 Å². The largest absolute Gasteiger partial charge is 0.353 e. The van der Waals surface area contributed by atoms with Crippen LogP contribution >= 0.6 is 23.2 Å². The second-order valence-corrected chi connectivity index (χ2v) is 10.9. The van der Waals surface area contributed by atoms with Gasteiger partial charge < -0.3 is 16.0 Å². The van der Waals surface area contributed by atoms with Gasteiger partial charge in [0.25, 0.3) is 0 Å². The Balaban J connectivity index is 1.76. The Kier molecular flexibility index (Phi) is 10.8. The molecular weight excluding hydrogens is 514 g/mol. The van der Waals surface area contributed by atoms with E-state index in [0.29, 0.717) is 42.5 Å². The number of hydrogen-bond donors (Lipinski definition) is 2. The lowest BCUT2D eigenvalue weighted by Crippen LogP contribution is -2.62. The summed E-state index contributed by atoms with van der Waals surface area (Å²) in [4.78, 5) is 30.7. The Labute approximate surface area is 229 Å². The molecular formula is C28H37Cl2FN4O2. The predicted octanol–water partition coefficient (Wildman–Crippen LogP) is 4.45. The summed E-state index contributed by atoms with van der Waals surface area (Å²) in [5.41, 5.74) is 8.06. The van der Waals surface area contributed by atoms with Crippen molar-refractivity contribution in [3.05, 3.63) is 69.5 Å². The topological polar surface area (TPSA) is 78.7 Å². The smallest absolute Gasteiger partial charge is 0.240 e. The predicted molar refractivity (Wildman–Crippen MR) is 147 cm³/mol. The van der Waals surface area contributed by atoms with Crippen LogP contribution in [-0.2, 0) is 22.4 Å². The van der Waals surface area contributed by atoms with Gasteiger partial charge in [-0.25, -0.2) is 4.39 Å². The van der Waals surface area contributed by atoms with Gasteiger partial charge >= 0.3 is 0 Å². The normalized spacial score (nSPS) is 18.1. The first-order valence-corrected chi connectivity index (χ1v) is 13.6. The minimum atomic E-state index is -0.715. The van der Waals surface area contributed by atoms with Crippen LogP contribution in [0.2, 0.25) is 10.0 Å². The van der Waals surface area contributed by atoms with Crippen molar-refractivity contribution in [2.45, 2.75) is 70.6 Å². The SMILES string of the molecule is CCCC1CN(C(Cc2ccc(Cl)c(Cl)c2)C(=O)NC(C)C)CCN1C(=O)C(N)Cc1ccc(F)cc1. The molecule has 0 aromatic heterocycles. The van der Waals surface area contributed by atoms with E-state index in [0.717, 1.165) is 24.0 Å². The molecule has 3 N–H and O–H groups in total. The summed E-state index contributed by atoms with van der Waals surface area (Å²) in [6.07, 6.45) is 2.52. The summed E-state index contributed by atoms with van der Waals surface area (Å²) in [7, 11) is 0. The zero-order chi connectivity index (χ0) is 27.1. The highest BCUT2D eigenvalue weighted by Gasteiger charge is 2.37. The summed E-state index contributed by atoms with van der Waals surface area (Å²) < 4.78 is 13.3. The summed E-state index contributed by atoms with van der Waals surface area (Å²) in [5.74, 6) is -0.487. The summed E-state index contributed by atoms with van der Waals surface area (Å²) in [5, 5.41) is 3.98. The molecule has 9 heteroatoms. The fraction of sp³-hybridized carbons (Fsp3) is 0.500. The minimum absolute atomic E-state index is 0.00238. The minimum Gasteiger partial charge on any atom is -0.353 e. The van der Waals surface area contributed by atoms with Gasteiger partial charge in [0.15, 0.2) is 0 Å². The fourth-order valence-corrected chi connectivity index (χ4v) is 5.19. The molecule has 3 unspecified atom stereocenters. The van der Waals surface area contributed by atoms with Crippen molar-refractivity contribution in [2.24, 2.45) is 5.73 Å². The van der Waals surface area contributed by atoms with E-state index in [1.54, 1.807) is 24.3 Å². The Morgan fingerprint density at radius 1 is 1.05 bits per heavy atom. The molecule has 0 spiro atoms. The third-order valence-corrected chi connectivity index (χ3v) is 7.43. The number of piperazine rings is 1. The van der Waals surface area contributed by atoms with Gasteiger partial charge in [-0.1, -0.05) is 54.7 Å². The number of hydrogen-bond acceptors (Lipinski definition) is 4. The van der Waals surface area contributed by atoms with E-state index < -0.39 is 12.1 Å². The number of carbonyl (C=O) groups excluding carboxylic acids is 2. The maximum Gasteiger partial charge on any atom is 0.240 e. The average molecular weight is 552 g/mol. The molecule has 37 heavy (non-hydrogen) atoms. The molecule has 3 rings (SSSR count). The van der Waals surface area contributed by atoms with Crippen molar-refractivity contribution in [1.29, 1.82) is 0 Å². The van der Waals surface area contributed by atoms with Crippen molar-refractivity contribution >= 4 is 35.0 Å². The quantitative estimate of drug-likeness (QED) is 0.458. The number of nitrogens with zero attached hydrogens (tertiary/aromatic N) is 2. The number of carbonyl (C=O) groups is 2. The molecule has 2 aromatic rings. The molecule has 0 bridgehead atoms. The van der Waals surface area contributed by atoms with Gasteiger partial charge in [0.2, 0.25) is 11.8 Å². The second kappa shape index (κ2) is 13.6. The van der Waals surface area contributed by atoms with Gasteiger partial charge in [0.1, 0.15) is 5.82 Å². The van der Waals surface area contributed by atoms with Gasteiger partial charge in [0, 0.05) is 31.7 Å². The van der Waals surface area contributed by atoms with Crippen LogP contribution in [0.5, 0.6) is 0 Å². The van der Waals surface area contributed by atoms with Gasteiger partial charge in [-0.15, -0.1) is 0 Å². The van der Waals surface area contributed by atoms with Gasteiger partial charge in [-0.3, -0.25) is 14.5 Å². The fourth-order valence-electron chi connectivity index (χ4n) is 4.87. The van der Waals surface area contributed by atoms with E-state index in [4.69, 9.17) is 28.9 Å². The number of nitrogens with one attached hydrogen (secondary N) is 1. The summed E-state index contributed by atoms with van der Waals surface area (Å²) in [6, 6.07) is 10.3. The number of amides is 2. The Hall–Kier alpha value is -2.19. The second-order valence-electron chi connectivity index (χ2n) is 10.0. The van der Waals surface area contributed by atoms with Crippen LogP contribution in [0.4, 0.5) is 4.39 Å². The van der Waals surface area contributed by atoms with Crippen molar-refractivity contribution in [3.63, 3.8) is 0 Å². The lowest BCUT2D eigenvalue weighted by atomic mass is 9.98. The van der Waals surface area contributed by atoms with Crippen molar-refractivity contribution in [3.8, 4) is 0 Å². The monoisotopic (exact) mass is 550 g/mol. The zero-order valence-corrected chi connectivity index (χ0v) is 23.2. The van der Waals surface area contributed by atoms with Gasteiger partial charge in [-0.2, -0.15) is 0 Å². The lowest BCUT2D eigenvalue weighted by molar-refractivity contribution is -0.139. The van der Waals surface area contributed by atoms with E-state index in [-0.39, 0.29) is 29.7 Å². The van der Waals surface area contributed by atoms with Crippen LogP contribution < -0.4 is 11.1 Å². The Morgan fingerprint density at radius 3 is 2.35 bits per heavy atom. The van der Waals surface area contributed by atoms with Crippen molar-refractivity contribution < 1.29 is 14.0 Å². The highest BCUT2D eigenvalue weighted by atomic mass is 35.5. The summed E-state index contributed by atoms with van der Waals surface area (Å²) in [6.45, 7) is 7.56. The zero-order valence-electron chi connectivity index (χ0n) is 21.7. The number of halogens is 3. The Morgan fingerprint density at radius 2 is 1.73 bits per heavy atom. The molecule has 0 aliphatic carbocycles. The first-order valence-electron chi connectivity index (χ1n) is 12.9. The molecule has 1 aliphatic heterocycles. The first-order chi connectivity index (χ1) is 17.6. The van der Waals surface area contributed by atoms with E-state index in [1.807, 2.05) is 24.8 Å². The van der Waals surface area contributed by atoms with Crippen LogP contribution in [0, 0.1) is 5.82 Å². The van der Waals surface area contributed by atoms with Gasteiger partial charge in [0.05, 0.1) is 22.1 Å². The van der Waals surface area contributed by atoms with Crippen LogP contribution in [0.1, 0.15) is 44.7 Å². The van der Waals surface area contributed by atoms with Crippen LogP contribution in [0.25, 0.3) is 0 Å². The molecule has 1 heterocycles. The highest BCUT2D eigenvalue weighted by Crippen LogP contribution is 2.25. The molecule has 0 saturated carbocycles. The average Bonchev–Trinajstić information content (AvgIpc) is 2.85. The third-order valence-electron chi connectivity index (χ3n) is 6.69. The van der Waals surface area contributed by atoms with E-state index >= 15 is 0 Å². The third kappa shape index (κ3) is 8.14. The Bertz CT molecular complexity index is 1070. The lowest BCUT2D eigenvalue weighted by Gasteiger charge is -2.45. The van der Waals surface area contributed by atoms with Crippen molar-refractivity contribution in [1.82, 2.24) is 15.1 Å². The number of nitrogens with two attached hydrogens (primary N) is 1. The molecule has 2 amide bonds. The first kappa shape index (κ1) is 29.4. The van der Waals surface area contributed by atoms with Crippen molar-refractivity contribution in [2.75, 3.05) is 19.6 Å². The maximum absolute atomic E-state index is 13.4. The van der Waals surface area contributed by atoms with Crippen LogP contribution in [0.3, 0.4) is 0 Å². The number of rotatable bonds is 10. The standard InChI is InChI=1S/C28H37Cl2FN4O2/c1-4-5-22-17-34(12-13-35(22)28(37)25(32)15-19-6-9-21(31)10-7-19)26(27(36)33-18(2)3)16-20-8-11-23(29)24(30)14-20/h6-11,14,18,22,25-26H,4-5,12-13,15-17,32H2,1-3H3,(H,33,36). The maximum atomic E-state index is 13.4. The molecule has 3 atom stereocenters. The van der Waals surface area contributed by atoms with Crippen LogP contribution in [0.15, 0.2) is 42.5 Å². The van der Waals surface area contributed by atoms with Crippen LogP contribution in [-0.4, -0.2) is 65.4 Å².